The first-order valence-electron chi connectivity index (χ1n) is 7.10. The second kappa shape index (κ2) is 13.8. The monoisotopic (exact) mass is 262 g/mol. The van der Waals surface area contributed by atoms with Crippen LogP contribution in [0.25, 0.3) is 0 Å². The van der Waals surface area contributed by atoms with Crippen LogP contribution in [-0.4, -0.2) is 11.0 Å². The van der Waals surface area contributed by atoms with E-state index in [0.717, 1.165) is 5.75 Å². The maximum atomic E-state index is 4.67. The Morgan fingerprint density at radius 1 is 0.750 bits per heavy atom. The Kier molecular flexibility index (Phi) is 14.4. The maximum Gasteiger partial charge on any atom is 0.00168 e. The van der Waals surface area contributed by atoms with E-state index in [1.165, 1.54) is 70.6 Å². The van der Waals surface area contributed by atoms with Crippen LogP contribution in [0.1, 0.15) is 77.6 Å². The summed E-state index contributed by atoms with van der Waals surface area (Å²) < 4.78 is 0. The van der Waals surface area contributed by atoms with Crippen LogP contribution >= 0.6 is 25.3 Å². The molecule has 0 aromatic rings. The Hall–Kier alpha value is 0.700. The normalized spacial score (nSPS) is 12.9. The van der Waals surface area contributed by atoms with Crippen molar-refractivity contribution in [2.75, 3.05) is 5.75 Å². The smallest absolute Gasteiger partial charge is 0.00168 e. The Labute approximate surface area is 114 Å². The summed E-state index contributed by atoms with van der Waals surface area (Å²) in [6, 6.07) is 0. The second-order valence-corrected chi connectivity index (χ2v) is 5.96. The van der Waals surface area contributed by atoms with Gasteiger partial charge in [0.05, 0.1) is 0 Å². The van der Waals surface area contributed by atoms with Gasteiger partial charge in [-0.15, -0.1) is 0 Å². The van der Waals surface area contributed by atoms with Gasteiger partial charge in [-0.3, -0.25) is 0 Å². The minimum atomic E-state index is 0.651. The molecule has 0 rings (SSSR count). The van der Waals surface area contributed by atoms with Gasteiger partial charge in [0.2, 0.25) is 0 Å². The highest BCUT2D eigenvalue weighted by molar-refractivity contribution is 7.81. The molecule has 0 radical (unpaired) electrons. The van der Waals surface area contributed by atoms with Crippen molar-refractivity contribution >= 4 is 25.3 Å². The standard InChI is InChI=1S/C14H30S2/c1-2-3-4-5-8-11-14(16)12-9-6-7-10-13-15/h14-16H,2-13H2,1H3. The maximum absolute atomic E-state index is 4.67. The molecule has 0 aliphatic heterocycles. The molecule has 0 aliphatic carbocycles. The van der Waals surface area contributed by atoms with Gasteiger partial charge < -0.3 is 0 Å². The Morgan fingerprint density at radius 2 is 1.25 bits per heavy atom. The van der Waals surface area contributed by atoms with Crippen molar-refractivity contribution in [3.63, 3.8) is 0 Å². The Morgan fingerprint density at radius 3 is 1.75 bits per heavy atom. The third-order valence-corrected chi connectivity index (χ3v) is 3.92. The average molecular weight is 263 g/mol. The lowest BCUT2D eigenvalue weighted by Gasteiger charge is -2.10. The molecule has 98 valence electrons. The SMILES string of the molecule is CCCCCCCC(S)CCCCCCS. The fourth-order valence-electron chi connectivity index (χ4n) is 1.97. The van der Waals surface area contributed by atoms with Crippen molar-refractivity contribution in [1.82, 2.24) is 0 Å². The van der Waals surface area contributed by atoms with Crippen molar-refractivity contribution in [1.29, 1.82) is 0 Å². The summed E-state index contributed by atoms with van der Waals surface area (Å²) >= 11 is 8.89. The molecule has 0 saturated carbocycles. The molecule has 0 bridgehead atoms. The summed E-state index contributed by atoms with van der Waals surface area (Å²) in [7, 11) is 0. The van der Waals surface area contributed by atoms with Crippen LogP contribution in [0, 0.1) is 0 Å². The summed E-state index contributed by atoms with van der Waals surface area (Å²) in [4.78, 5) is 0. The number of unbranched alkanes of at least 4 members (excludes halogenated alkanes) is 7. The van der Waals surface area contributed by atoms with E-state index in [2.05, 4.69) is 32.2 Å². The Balaban J connectivity index is 3.09. The van der Waals surface area contributed by atoms with E-state index in [-0.39, 0.29) is 0 Å². The molecule has 0 aliphatic rings. The van der Waals surface area contributed by atoms with Gasteiger partial charge in [0.25, 0.3) is 0 Å². The summed E-state index contributed by atoms with van der Waals surface area (Å²) in [5.74, 6) is 1.04. The van der Waals surface area contributed by atoms with Crippen molar-refractivity contribution in [3.05, 3.63) is 0 Å². The molecule has 16 heavy (non-hydrogen) atoms. The van der Waals surface area contributed by atoms with Gasteiger partial charge in [-0.05, 0) is 25.0 Å². The molecule has 0 spiro atoms. The molecule has 0 saturated heterocycles. The average Bonchev–Trinajstić information content (AvgIpc) is 2.28. The molecular weight excluding hydrogens is 232 g/mol. The van der Waals surface area contributed by atoms with E-state index in [4.69, 9.17) is 0 Å². The van der Waals surface area contributed by atoms with Crippen LogP contribution in [0.15, 0.2) is 0 Å². The first kappa shape index (κ1) is 16.7. The largest absolute Gasteiger partial charge is 0.179 e. The molecule has 0 amide bonds. The minimum Gasteiger partial charge on any atom is -0.179 e. The lowest BCUT2D eigenvalue weighted by atomic mass is 10.0. The fourth-order valence-corrected chi connectivity index (χ4v) is 2.56. The fraction of sp³-hybridized carbons (Fsp3) is 1.00. The van der Waals surface area contributed by atoms with Crippen LogP contribution in [0.4, 0.5) is 0 Å². The molecule has 0 aromatic heterocycles. The third kappa shape index (κ3) is 12.8. The van der Waals surface area contributed by atoms with Crippen LogP contribution in [0.2, 0.25) is 0 Å². The lowest BCUT2D eigenvalue weighted by molar-refractivity contribution is 0.559. The van der Waals surface area contributed by atoms with Gasteiger partial charge in [-0.2, -0.15) is 25.3 Å². The molecule has 1 atom stereocenters. The lowest BCUT2D eigenvalue weighted by Crippen LogP contribution is -1.98. The van der Waals surface area contributed by atoms with Gasteiger partial charge in [-0.1, -0.05) is 58.3 Å². The quantitative estimate of drug-likeness (QED) is 0.335. The highest BCUT2D eigenvalue weighted by Gasteiger charge is 2.02. The van der Waals surface area contributed by atoms with E-state index in [1.807, 2.05) is 0 Å². The predicted molar refractivity (Wildman–Crippen MR) is 83.1 cm³/mol. The van der Waals surface area contributed by atoms with Crippen molar-refractivity contribution in [2.24, 2.45) is 0 Å². The number of hydrogen-bond donors (Lipinski definition) is 2. The van der Waals surface area contributed by atoms with Gasteiger partial charge in [0, 0.05) is 5.25 Å². The van der Waals surface area contributed by atoms with Gasteiger partial charge in [0.1, 0.15) is 0 Å². The van der Waals surface area contributed by atoms with Crippen molar-refractivity contribution in [2.45, 2.75) is 82.8 Å². The Bertz CT molecular complexity index is 112. The van der Waals surface area contributed by atoms with Crippen molar-refractivity contribution in [3.8, 4) is 0 Å². The number of hydrogen-bond acceptors (Lipinski definition) is 2. The van der Waals surface area contributed by atoms with E-state index >= 15 is 0 Å². The van der Waals surface area contributed by atoms with E-state index < -0.39 is 0 Å². The predicted octanol–water partition coefficient (Wildman–Crippen LogP) is 5.53. The first-order valence-corrected chi connectivity index (χ1v) is 8.25. The highest BCUT2D eigenvalue weighted by Crippen LogP contribution is 2.16. The topological polar surface area (TPSA) is 0 Å². The second-order valence-electron chi connectivity index (χ2n) is 4.78. The van der Waals surface area contributed by atoms with Gasteiger partial charge >= 0.3 is 0 Å². The zero-order valence-electron chi connectivity index (χ0n) is 11.0. The summed E-state index contributed by atoms with van der Waals surface area (Å²) in [6.45, 7) is 2.27. The van der Waals surface area contributed by atoms with Gasteiger partial charge in [0.15, 0.2) is 0 Å². The molecule has 0 N–H and O–H groups in total. The highest BCUT2D eigenvalue weighted by atomic mass is 32.1. The molecule has 0 fully saturated rings. The van der Waals surface area contributed by atoms with Crippen LogP contribution in [0.5, 0.6) is 0 Å². The summed E-state index contributed by atoms with van der Waals surface area (Å²) in [6.07, 6.45) is 14.9. The van der Waals surface area contributed by atoms with Crippen LogP contribution < -0.4 is 0 Å². The van der Waals surface area contributed by atoms with Gasteiger partial charge in [-0.25, -0.2) is 0 Å². The van der Waals surface area contributed by atoms with E-state index in [1.54, 1.807) is 0 Å². The minimum absolute atomic E-state index is 0.651. The number of rotatable bonds is 12. The molecule has 1 unspecified atom stereocenters. The zero-order valence-corrected chi connectivity index (χ0v) is 12.7. The van der Waals surface area contributed by atoms with Crippen molar-refractivity contribution < 1.29 is 0 Å². The third-order valence-electron chi connectivity index (χ3n) is 3.09. The molecular formula is C14H30S2. The zero-order chi connectivity index (χ0) is 12.1. The number of thiol groups is 2. The van der Waals surface area contributed by atoms with E-state index in [9.17, 15) is 0 Å². The summed E-state index contributed by atoms with van der Waals surface area (Å²) in [5, 5.41) is 0.651. The first-order chi connectivity index (χ1) is 7.81. The molecule has 0 aromatic carbocycles. The van der Waals surface area contributed by atoms with Crippen LogP contribution in [-0.2, 0) is 0 Å². The molecule has 0 nitrogen and oxygen atoms in total. The molecule has 2 heteroatoms. The summed E-state index contributed by atoms with van der Waals surface area (Å²) in [5.41, 5.74) is 0. The molecule has 0 heterocycles. The van der Waals surface area contributed by atoms with E-state index in [0.29, 0.717) is 5.25 Å². The van der Waals surface area contributed by atoms with Crippen LogP contribution in [0.3, 0.4) is 0 Å².